The summed E-state index contributed by atoms with van der Waals surface area (Å²) in [6.07, 6.45) is 5.42. The minimum Gasteiger partial charge on any atom is -0.337 e. The van der Waals surface area contributed by atoms with Crippen LogP contribution in [0.1, 0.15) is 44.0 Å². The number of likely N-dealkylation sites (N-methyl/N-ethyl adjacent to an activating group) is 2. The normalized spacial score (nSPS) is 22.0. The lowest BCUT2D eigenvalue weighted by Gasteiger charge is -2.38. The smallest absolute Gasteiger partial charge is 0.317 e. The standard InChI is InChI=1S/C22H38N6O/c1-4-27(5-2)14-12-25-22(29)28-15-13-23-19(17-28)16-26(3)20-10-6-8-18-9-7-11-24-21(18)20/h7,9,11,19-20,23H,4-6,8,10,12-17H2,1-3H3,(H,25,29). The molecule has 3 rings (SSSR count). The second kappa shape index (κ2) is 10.9. The first-order chi connectivity index (χ1) is 14.1. The minimum absolute atomic E-state index is 0.0657. The Morgan fingerprint density at radius 3 is 3.00 bits per heavy atom. The number of amides is 2. The summed E-state index contributed by atoms with van der Waals surface area (Å²) in [7, 11) is 2.19. The highest BCUT2D eigenvalue weighted by Gasteiger charge is 2.29. The topological polar surface area (TPSA) is 63.7 Å². The van der Waals surface area contributed by atoms with Gasteiger partial charge in [-0.3, -0.25) is 9.88 Å². The van der Waals surface area contributed by atoms with Gasteiger partial charge in [-0.2, -0.15) is 0 Å². The van der Waals surface area contributed by atoms with Gasteiger partial charge in [-0.1, -0.05) is 19.9 Å². The van der Waals surface area contributed by atoms with Crippen molar-refractivity contribution in [3.8, 4) is 0 Å². The average molecular weight is 403 g/mol. The third kappa shape index (κ3) is 5.90. The molecule has 162 valence electrons. The van der Waals surface area contributed by atoms with Crippen molar-refractivity contribution in [2.24, 2.45) is 0 Å². The predicted molar refractivity (Wildman–Crippen MR) is 117 cm³/mol. The van der Waals surface area contributed by atoms with Crippen molar-refractivity contribution < 1.29 is 4.79 Å². The maximum absolute atomic E-state index is 12.6. The lowest BCUT2D eigenvalue weighted by atomic mass is 9.91. The van der Waals surface area contributed by atoms with E-state index in [2.05, 4.69) is 52.4 Å². The zero-order valence-corrected chi connectivity index (χ0v) is 18.4. The minimum atomic E-state index is 0.0657. The Labute approximate surface area is 175 Å². The number of urea groups is 1. The molecule has 7 nitrogen and oxygen atoms in total. The number of pyridine rings is 1. The van der Waals surface area contributed by atoms with E-state index in [0.717, 1.165) is 58.7 Å². The van der Waals surface area contributed by atoms with Gasteiger partial charge >= 0.3 is 6.03 Å². The maximum Gasteiger partial charge on any atom is 0.317 e. The molecule has 0 saturated carbocycles. The molecule has 7 heteroatoms. The molecule has 1 aromatic rings. The summed E-state index contributed by atoms with van der Waals surface area (Å²) in [5.74, 6) is 0. The van der Waals surface area contributed by atoms with E-state index in [-0.39, 0.29) is 12.1 Å². The zero-order chi connectivity index (χ0) is 20.6. The van der Waals surface area contributed by atoms with Crippen LogP contribution in [0, 0.1) is 0 Å². The SMILES string of the molecule is CCN(CC)CCNC(=O)N1CCNC(CN(C)C2CCCc3cccnc32)C1. The largest absolute Gasteiger partial charge is 0.337 e. The fraction of sp³-hybridized carbons (Fsp3) is 0.727. The number of aromatic nitrogens is 1. The third-order valence-corrected chi connectivity index (χ3v) is 6.35. The van der Waals surface area contributed by atoms with Crippen LogP contribution < -0.4 is 10.6 Å². The van der Waals surface area contributed by atoms with Gasteiger partial charge in [-0.15, -0.1) is 0 Å². The van der Waals surface area contributed by atoms with Crippen molar-refractivity contribution in [3.05, 3.63) is 29.6 Å². The summed E-state index contributed by atoms with van der Waals surface area (Å²) in [6, 6.07) is 4.99. The number of nitrogens with one attached hydrogen (secondary N) is 2. The van der Waals surface area contributed by atoms with Gasteiger partial charge in [0, 0.05) is 51.5 Å². The summed E-state index contributed by atoms with van der Waals surface area (Å²) in [6.45, 7) is 11.3. The van der Waals surface area contributed by atoms with Gasteiger partial charge in [0.15, 0.2) is 0 Å². The summed E-state index contributed by atoms with van der Waals surface area (Å²) < 4.78 is 0. The van der Waals surface area contributed by atoms with Crippen molar-refractivity contribution in [1.29, 1.82) is 0 Å². The van der Waals surface area contributed by atoms with Gasteiger partial charge in [0.05, 0.1) is 11.7 Å². The molecule has 2 unspecified atom stereocenters. The van der Waals surface area contributed by atoms with E-state index in [1.165, 1.54) is 17.7 Å². The van der Waals surface area contributed by atoms with Crippen molar-refractivity contribution in [3.63, 3.8) is 0 Å². The first-order valence-electron chi connectivity index (χ1n) is 11.2. The van der Waals surface area contributed by atoms with Crippen molar-refractivity contribution in [2.45, 2.75) is 45.2 Å². The van der Waals surface area contributed by atoms with Crippen LogP contribution in [0.4, 0.5) is 4.79 Å². The van der Waals surface area contributed by atoms with Crippen LogP contribution in [0.5, 0.6) is 0 Å². The molecule has 0 radical (unpaired) electrons. The zero-order valence-electron chi connectivity index (χ0n) is 18.4. The van der Waals surface area contributed by atoms with Crippen LogP contribution in [0.2, 0.25) is 0 Å². The molecule has 1 aliphatic heterocycles. The average Bonchev–Trinajstić information content (AvgIpc) is 2.76. The third-order valence-electron chi connectivity index (χ3n) is 6.35. The molecular formula is C22H38N6O. The molecule has 1 aromatic heterocycles. The Morgan fingerprint density at radius 1 is 1.38 bits per heavy atom. The van der Waals surface area contributed by atoms with Gasteiger partial charge < -0.3 is 20.4 Å². The summed E-state index contributed by atoms with van der Waals surface area (Å²) in [5, 5.41) is 6.69. The van der Waals surface area contributed by atoms with Gasteiger partial charge in [0.25, 0.3) is 0 Å². The molecule has 2 atom stereocenters. The molecule has 1 aliphatic carbocycles. The van der Waals surface area contributed by atoms with E-state index < -0.39 is 0 Å². The fourth-order valence-electron chi connectivity index (χ4n) is 4.59. The molecule has 1 fully saturated rings. The Hall–Kier alpha value is -1.70. The van der Waals surface area contributed by atoms with E-state index in [1.807, 2.05) is 17.2 Å². The second-order valence-corrected chi connectivity index (χ2v) is 8.25. The van der Waals surface area contributed by atoms with E-state index in [1.54, 1.807) is 0 Å². The lowest BCUT2D eigenvalue weighted by molar-refractivity contribution is 0.144. The highest BCUT2D eigenvalue weighted by Crippen LogP contribution is 2.31. The van der Waals surface area contributed by atoms with Gasteiger partial charge in [-0.05, 0) is 51.0 Å². The van der Waals surface area contributed by atoms with Gasteiger partial charge in [0.1, 0.15) is 0 Å². The monoisotopic (exact) mass is 402 g/mol. The first-order valence-corrected chi connectivity index (χ1v) is 11.2. The number of carbonyl (C=O) groups excluding carboxylic acids is 1. The van der Waals surface area contributed by atoms with Gasteiger partial charge in [-0.25, -0.2) is 4.79 Å². The molecule has 2 amide bonds. The number of fused-ring (bicyclic) bond motifs is 1. The van der Waals surface area contributed by atoms with E-state index >= 15 is 0 Å². The number of hydrogen-bond acceptors (Lipinski definition) is 5. The van der Waals surface area contributed by atoms with Crippen molar-refractivity contribution >= 4 is 6.03 Å². The Morgan fingerprint density at radius 2 is 2.21 bits per heavy atom. The number of rotatable bonds is 8. The van der Waals surface area contributed by atoms with Crippen molar-refractivity contribution in [2.75, 3.05) is 59.4 Å². The number of hydrogen-bond donors (Lipinski definition) is 2. The molecular weight excluding hydrogens is 364 g/mol. The number of carbonyl (C=O) groups is 1. The summed E-state index contributed by atoms with van der Waals surface area (Å²) in [5.41, 5.74) is 2.63. The Bertz CT molecular complexity index is 650. The Balaban J connectivity index is 1.49. The number of piperazine rings is 1. The molecule has 2 heterocycles. The van der Waals surface area contributed by atoms with Crippen LogP contribution in [0.25, 0.3) is 0 Å². The molecule has 0 spiro atoms. The van der Waals surface area contributed by atoms with E-state index in [9.17, 15) is 4.79 Å². The van der Waals surface area contributed by atoms with Crippen LogP contribution in [0.3, 0.4) is 0 Å². The number of aryl methyl sites for hydroxylation is 1. The van der Waals surface area contributed by atoms with Crippen molar-refractivity contribution in [1.82, 2.24) is 30.3 Å². The summed E-state index contributed by atoms with van der Waals surface area (Å²) in [4.78, 5) is 24.0. The lowest BCUT2D eigenvalue weighted by Crippen LogP contribution is -2.58. The highest BCUT2D eigenvalue weighted by molar-refractivity contribution is 5.74. The maximum atomic E-state index is 12.6. The van der Waals surface area contributed by atoms with Crippen LogP contribution in [0.15, 0.2) is 18.3 Å². The van der Waals surface area contributed by atoms with Crippen LogP contribution >= 0.6 is 0 Å². The fourth-order valence-corrected chi connectivity index (χ4v) is 4.59. The number of nitrogens with zero attached hydrogens (tertiary/aromatic N) is 4. The predicted octanol–water partition coefficient (Wildman–Crippen LogP) is 1.72. The van der Waals surface area contributed by atoms with Crippen LogP contribution in [-0.4, -0.2) is 91.2 Å². The molecule has 2 N–H and O–H groups in total. The van der Waals surface area contributed by atoms with Crippen LogP contribution in [-0.2, 0) is 6.42 Å². The van der Waals surface area contributed by atoms with E-state index in [0.29, 0.717) is 12.6 Å². The molecule has 0 aromatic carbocycles. The second-order valence-electron chi connectivity index (χ2n) is 8.25. The summed E-state index contributed by atoms with van der Waals surface area (Å²) >= 11 is 0. The molecule has 0 bridgehead atoms. The van der Waals surface area contributed by atoms with E-state index in [4.69, 9.17) is 0 Å². The quantitative estimate of drug-likeness (QED) is 0.693. The molecule has 2 aliphatic rings. The molecule has 1 saturated heterocycles. The van der Waals surface area contributed by atoms with Gasteiger partial charge in [0.2, 0.25) is 0 Å². The first kappa shape index (κ1) is 22.0. The Kier molecular flexibility index (Phi) is 8.27. The highest BCUT2D eigenvalue weighted by atomic mass is 16.2. The molecule has 29 heavy (non-hydrogen) atoms.